The molecule has 1 aliphatic heterocycles. The van der Waals surface area contributed by atoms with E-state index in [0.29, 0.717) is 13.2 Å². The predicted octanol–water partition coefficient (Wildman–Crippen LogP) is 2.45. The number of nitrogens with one attached hydrogen (secondary N) is 2. The van der Waals surface area contributed by atoms with Gasteiger partial charge in [-0.15, -0.1) is 0 Å². The van der Waals surface area contributed by atoms with Crippen LogP contribution in [-0.4, -0.2) is 28.2 Å². The summed E-state index contributed by atoms with van der Waals surface area (Å²) in [6, 6.07) is 8.11. The second-order valence-electron chi connectivity index (χ2n) is 6.33. The molecule has 0 aliphatic carbocycles. The van der Waals surface area contributed by atoms with Crippen LogP contribution in [0.5, 0.6) is 0 Å². The van der Waals surface area contributed by atoms with Crippen LogP contribution in [0.1, 0.15) is 35.8 Å². The zero-order chi connectivity index (χ0) is 16.9. The molecule has 1 fully saturated rings. The van der Waals surface area contributed by atoms with E-state index in [1.54, 1.807) is 6.33 Å². The van der Waals surface area contributed by atoms with E-state index < -0.39 is 0 Å². The van der Waals surface area contributed by atoms with Crippen molar-refractivity contribution in [1.82, 2.24) is 20.2 Å². The number of aromatic nitrogens is 2. The van der Waals surface area contributed by atoms with Crippen molar-refractivity contribution < 1.29 is 9.53 Å². The van der Waals surface area contributed by atoms with Gasteiger partial charge in [0.25, 0.3) is 0 Å². The molecule has 6 heteroatoms. The number of hydrogen-bond acceptors (Lipinski definition) is 3. The lowest BCUT2D eigenvalue weighted by molar-refractivity contribution is -0.00178. The molecule has 128 valence electrons. The van der Waals surface area contributed by atoms with Crippen LogP contribution in [0.15, 0.2) is 36.8 Å². The first-order valence-electron chi connectivity index (χ1n) is 8.29. The smallest absolute Gasteiger partial charge is 0.315 e. The van der Waals surface area contributed by atoms with Crippen LogP contribution in [0.4, 0.5) is 4.79 Å². The highest BCUT2D eigenvalue weighted by molar-refractivity contribution is 5.74. The second kappa shape index (κ2) is 7.49. The Balaban J connectivity index is 1.50. The summed E-state index contributed by atoms with van der Waals surface area (Å²) < 4.78 is 7.79. The third-order valence-electron chi connectivity index (χ3n) is 4.34. The Labute approximate surface area is 142 Å². The summed E-state index contributed by atoms with van der Waals surface area (Å²) in [6.07, 6.45) is 5.16. The molecule has 1 aromatic carbocycles. The number of amides is 2. The summed E-state index contributed by atoms with van der Waals surface area (Å²) in [5.74, 6) is 0. The summed E-state index contributed by atoms with van der Waals surface area (Å²) in [6.45, 7) is 3.21. The molecule has 6 nitrogen and oxygen atoms in total. The number of aryl methyl sites for hydroxylation is 2. The molecule has 2 heterocycles. The predicted molar refractivity (Wildman–Crippen MR) is 91.5 cm³/mol. The molecule has 2 aromatic rings. The molecule has 0 saturated carbocycles. The van der Waals surface area contributed by atoms with Gasteiger partial charge in [-0.25, -0.2) is 9.78 Å². The van der Waals surface area contributed by atoms with Gasteiger partial charge < -0.3 is 19.9 Å². The quantitative estimate of drug-likeness (QED) is 0.906. The highest BCUT2D eigenvalue weighted by Gasteiger charge is 2.26. The molecule has 1 saturated heterocycles. The molecule has 24 heavy (non-hydrogen) atoms. The lowest BCUT2D eigenvalue weighted by atomic mass is 10.0. The third-order valence-corrected chi connectivity index (χ3v) is 4.34. The fourth-order valence-electron chi connectivity index (χ4n) is 3.05. The summed E-state index contributed by atoms with van der Waals surface area (Å²) in [5, 5.41) is 5.98. The van der Waals surface area contributed by atoms with E-state index in [0.717, 1.165) is 24.1 Å². The maximum Gasteiger partial charge on any atom is 0.315 e. The van der Waals surface area contributed by atoms with Crippen molar-refractivity contribution in [2.45, 2.75) is 38.5 Å². The lowest BCUT2D eigenvalue weighted by Gasteiger charge is -2.30. The van der Waals surface area contributed by atoms with E-state index in [9.17, 15) is 4.79 Å². The molecule has 0 radical (unpaired) electrons. The van der Waals surface area contributed by atoms with Crippen LogP contribution in [-0.2, 0) is 18.3 Å². The summed E-state index contributed by atoms with van der Waals surface area (Å²) in [7, 11) is 1.96. The van der Waals surface area contributed by atoms with Crippen LogP contribution in [0.3, 0.4) is 0 Å². The minimum Gasteiger partial charge on any atom is -0.372 e. The minimum atomic E-state index is -0.132. The van der Waals surface area contributed by atoms with Crippen molar-refractivity contribution >= 4 is 6.03 Å². The van der Waals surface area contributed by atoms with Gasteiger partial charge in [-0.05, 0) is 25.3 Å². The zero-order valence-electron chi connectivity index (χ0n) is 14.2. The molecule has 1 aromatic heterocycles. The van der Waals surface area contributed by atoms with Crippen LogP contribution in [0.2, 0.25) is 0 Å². The van der Waals surface area contributed by atoms with Crippen LogP contribution in [0, 0.1) is 6.92 Å². The molecule has 2 amide bonds. The molecule has 0 spiro atoms. The first-order chi connectivity index (χ1) is 11.6. The van der Waals surface area contributed by atoms with Crippen molar-refractivity contribution in [3.05, 3.63) is 53.6 Å². The number of carbonyl (C=O) groups excluding carboxylic acids is 1. The average Bonchev–Trinajstić information content (AvgIpc) is 2.99. The van der Waals surface area contributed by atoms with Gasteiger partial charge >= 0.3 is 6.03 Å². The molecular weight excluding hydrogens is 304 g/mol. The van der Waals surface area contributed by atoms with E-state index in [-0.39, 0.29) is 18.2 Å². The zero-order valence-corrected chi connectivity index (χ0v) is 14.2. The highest BCUT2D eigenvalue weighted by Crippen LogP contribution is 2.27. The minimum absolute atomic E-state index is 0.0201. The molecule has 0 bridgehead atoms. The molecular formula is C18H24N4O2. The van der Waals surface area contributed by atoms with Crippen molar-refractivity contribution in [1.29, 1.82) is 0 Å². The number of ether oxygens (including phenoxy) is 1. The van der Waals surface area contributed by atoms with Gasteiger partial charge in [0, 0.05) is 26.2 Å². The number of carbonyl (C=O) groups is 1. The highest BCUT2D eigenvalue weighted by atomic mass is 16.5. The number of nitrogens with zero attached hydrogens (tertiary/aromatic N) is 2. The van der Waals surface area contributed by atoms with E-state index in [2.05, 4.69) is 21.7 Å². The first kappa shape index (κ1) is 16.5. The Morgan fingerprint density at radius 1 is 1.46 bits per heavy atom. The van der Waals surface area contributed by atoms with Gasteiger partial charge in [-0.3, -0.25) is 0 Å². The standard InChI is InChI=1S/C18H24N4O2/c1-13-4-3-5-14(8-13)10-20-18(23)21-15-6-7-24-17(9-15)16-11-19-12-22(16)2/h3-5,8,11-12,15,17H,6-7,9-10H2,1-2H3,(H2,20,21,23)/t15-,17-/m0/s1. The summed E-state index contributed by atoms with van der Waals surface area (Å²) in [4.78, 5) is 16.3. The Morgan fingerprint density at radius 2 is 2.33 bits per heavy atom. The molecule has 3 rings (SSSR count). The van der Waals surface area contributed by atoms with Crippen molar-refractivity contribution in [2.75, 3.05) is 6.61 Å². The second-order valence-corrected chi connectivity index (χ2v) is 6.33. The van der Waals surface area contributed by atoms with E-state index in [1.807, 2.05) is 42.9 Å². The first-order valence-corrected chi connectivity index (χ1v) is 8.29. The Hall–Kier alpha value is -2.34. The Kier molecular flexibility index (Phi) is 5.15. The number of hydrogen-bond donors (Lipinski definition) is 2. The Bertz CT molecular complexity index is 698. The van der Waals surface area contributed by atoms with Gasteiger partial charge in [-0.1, -0.05) is 29.8 Å². The maximum absolute atomic E-state index is 12.1. The van der Waals surface area contributed by atoms with E-state index in [1.165, 1.54) is 5.56 Å². The summed E-state index contributed by atoms with van der Waals surface area (Å²) in [5.41, 5.74) is 3.34. The topological polar surface area (TPSA) is 68.2 Å². The summed E-state index contributed by atoms with van der Waals surface area (Å²) >= 11 is 0. The Morgan fingerprint density at radius 3 is 3.08 bits per heavy atom. The van der Waals surface area contributed by atoms with Crippen molar-refractivity contribution in [3.63, 3.8) is 0 Å². The molecule has 1 aliphatic rings. The maximum atomic E-state index is 12.1. The van der Waals surface area contributed by atoms with Crippen LogP contribution in [0.25, 0.3) is 0 Å². The largest absolute Gasteiger partial charge is 0.372 e. The van der Waals surface area contributed by atoms with Crippen molar-refractivity contribution in [3.8, 4) is 0 Å². The van der Waals surface area contributed by atoms with Crippen LogP contribution < -0.4 is 10.6 Å². The molecule has 2 atom stereocenters. The molecule has 2 N–H and O–H groups in total. The fraction of sp³-hybridized carbons (Fsp3) is 0.444. The van der Waals surface area contributed by atoms with Crippen LogP contribution >= 0.6 is 0 Å². The SMILES string of the molecule is Cc1cccc(CNC(=O)N[C@H]2CCO[C@H](c3cncn3C)C2)c1. The number of rotatable bonds is 4. The number of benzene rings is 1. The van der Waals surface area contributed by atoms with E-state index >= 15 is 0 Å². The van der Waals surface area contributed by atoms with Gasteiger partial charge in [0.05, 0.1) is 18.2 Å². The monoisotopic (exact) mass is 328 g/mol. The van der Waals surface area contributed by atoms with Gasteiger partial charge in [0.15, 0.2) is 0 Å². The molecule has 0 unspecified atom stereocenters. The number of urea groups is 1. The fourth-order valence-corrected chi connectivity index (χ4v) is 3.05. The van der Waals surface area contributed by atoms with Gasteiger partial charge in [0.1, 0.15) is 6.10 Å². The van der Waals surface area contributed by atoms with Gasteiger partial charge in [-0.2, -0.15) is 0 Å². The normalized spacial score (nSPS) is 20.6. The average molecular weight is 328 g/mol. The number of imidazole rings is 1. The van der Waals surface area contributed by atoms with Crippen molar-refractivity contribution in [2.24, 2.45) is 7.05 Å². The van der Waals surface area contributed by atoms with E-state index in [4.69, 9.17) is 4.74 Å². The third kappa shape index (κ3) is 4.14. The lowest BCUT2D eigenvalue weighted by Crippen LogP contribution is -2.44. The van der Waals surface area contributed by atoms with Gasteiger partial charge in [0.2, 0.25) is 0 Å².